The van der Waals surface area contributed by atoms with E-state index in [0.29, 0.717) is 52.3 Å². The SMILES string of the molecule is CCCCOCCOCCOCCOCC(C)NC. The minimum absolute atomic E-state index is 0.385. The maximum Gasteiger partial charge on any atom is 0.0701 e. The first-order valence-corrected chi connectivity index (χ1v) is 7.29. The van der Waals surface area contributed by atoms with E-state index >= 15 is 0 Å². The van der Waals surface area contributed by atoms with Gasteiger partial charge in [0.05, 0.1) is 46.2 Å². The molecule has 0 aromatic carbocycles. The molecule has 0 aliphatic heterocycles. The van der Waals surface area contributed by atoms with Crippen LogP contribution in [0.1, 0.15) is 26.7 Å². The fourth-order valence-electron chi connectivity index (χ4n) is 1.25. The van der Waals surface area contributed by atoms with Crippen LogP contribution in [-0.2, 0) is 18.9 Å². The maximum absolute atomic E-state index is 5.42. The van der Waals surface area contributed by atoms with Gasteiger partial charge in [-0.2, -0.15) is 0 Å². The van der Waals surface area contributed by atoms with Gasteiger partial charge in [-0.1, -0.05) is 13.3 Å². The number of ether oxygens (including phenoxy) is 4. The Morgan fingerprint density at radius 3 is 1.74 bits per heavy atom. The van der Waals surface area contributed by atoms with E-state index in [1.54, 1.807) is 0 Å². The second kappa shape index (κ2) is 15.9. The van der Waals surface area contributed by atoms with E-state index in [4.69, 9.17) is 18.9 Å². The average molecular weight is 277 g/mol. The lowest BCUT2D eigenvalue weighted by atomic mass is 10.4. The molecule has 1 atom stereocenters. The van der Waals surface area contributed by atoms with E-state index in [-0.39, 0.29) is 0 Å². The Bertz CT molecular complexity index is 170. The predicted octanol–water partition coefficient (Wildman–Crippen LogP) is 1.46. The highest BCUT2D eigenvalue weighted by Gasteiger charge is 1.97. The Balaban J connectivity index is 2.95. The van der Waals surface area contributed by atoms with Crippen LogP contribution in [0.3, 0.4) is 0 Å². The molecule has 19 heavy (non-hydrogen) atoms. The zero-order valence-corrected chi connectivity index (χ0v) is 12.8. The Morgan fingerprint density at radius 1 is 0.789 bits per heavy atom. The summed E-state index contributed by atoms with van der Waals surface area (Å²) in [6, 6.07) is 0.385. The van der Waals surface area contributed by atoms with Gasteiger partial charge in [0.15, 0.2) is 0 Å². The maximum atomic E-state index is 5.42. The van der Waals surface area contributed by atoms with Crippen molar-refractivity contribution in [1.29, 1.82) is 0 Å². The normalized spacial score (nSPS) is 12.8. The molecule has 0 bridgehead atoms. The molecule has 0 amide bonds. The lowest BCUT2D eigenvalue weighted by Crippen LogP contribution is -2.27. The third-order valence-electron chi connectivity index (χ3n) is 2.62. The van der Waals surface area contributed by atoms with Gasteiger partial charge in [0.2, 0.25) is 0 Å². The van der Waals surface area contributed by atoms with Crippen LogP contribution in [0, 0.1) is 0 Å². The molecule has 1 unspecified atom stereocenters. The van der Waals surface area contributed by atoms with Crippen LogP contribution in [0.5, 0.6) is 0 Å². The zero-order chi connectivity index (χ0) is 14.2. The van der Waals surface area contributed by atoms with Crippen LogP contribution in [0.25, 0.3) is 0 Å². The van der Waals surface area contributed by atoms with E-state index in [1.165, 1.54) is 6.42 Å². The summed E-state index contributed by atoms with van der Waals surface area (Å²) < 4.78 is 21.6. The summed E-state index contributed by atoms with van der Waals surface area (Å²) in [5, 5.41) is 3.11. The molecule has 0 rings (SSSR count). The molecule has 0 saturated heterocycles. The smallest absolute Gasteiger partial charge is 0.0701 e. The monoisotopic (exact) mass is 277 g/mol. The van der Waals surface area contributed by atoms with Crippen LogP contribution >= 0.6 is 0 Å². The molecule has 0 heterocycles. The highest BCUT2D eigenvalue weighted by atomic mass is 16.6. The lowest BCUT2D eigenvalue weighted by molar-refractivity contribution is -0.00363. The quantitative estimate of drug-likeness (QED) is 0.459. The number of hydrogen-bond donors (Lipinski definition) is 1. The third kappa shape index (κ3) is 15.7. The Morgan fingerprint density at radius 2 is 1.26 bits per heavy atom. The summed E-state index contributed by atoms with van der Waals surface area (Å²) in [6.07, 6.45) is 2.29. The fraction of sp³-hybridized carbons (Fsp3) is 1.00. The number of nitrogens with one attached hydrogen (secondary N) is 1. The number of likely N-dealkylation sites (N-methyl/N-ethyl adjacent to an activating group) is 1. The van der Waals surface area contributed by atoms with E-state index in [2.05, 4.69) is 19.2 Å². The highest BCUT2D eigenvalue weighted by Crippen LogP contribution is 1.88. The molecule has 0 aromatic rings. The van der Waals surface area contributed by atoms with Gasteiger partial charge in [0, 0.05) is 12.6 Å². The largest absolute Gasteiger partial charge is 0.379 e. The van der Waals surface area contributed by atoms with Crippen molar-refractivity contribution in [3.63, 3.8) is 0 Å². The van der Waals surface area contributed by atoms with E-state index in [9.17, 15) is 0 Å². The summed E-state index contributed by atoms with van der Waals surface area (Å²) in [7, 11) is 1.92. The predicted molar refractivity (Wildman–Crippen MR) is 76.7 cm³/mol. The van der Waals surface area contributed by atoms with Crippen molar-refractivity contribution in [2.24, 2.45) is 0 Å². The van der Waals surface area contributed by atoms with Gasteiger partial charge in [-0.05, 0) is 20.4 Å². The first-order valence-electron chi connectivity index (χ1n) is 7.29. The van der Waals surface area contributed by atoms with Crippen LogP contribution in [0.4, 0.5) is 0 Å². The highest BCUT2D eigenvalue weighted by molar-refractivity contribution is 4.53. The average Bonchev–Trinajstić information content (AvgIpc) is 2.43. The lowest BCUT2D eigenvalue weighted by Gasteiger charge is -2.11. The van der Waals surface area contributed by atoms with E-state index in [1.807, 2.05) is 7.05 Å². The molecule has 0 radical (unpaired) electrons. The molecule has 0 saturated carbocycles. The van der Waals surface area contributed by atoms with Crippen LogP contribution in [0.2, 0.25) is 0 Å². The van der Waals surface area contributed by atoms with Crippen molar-refractivity contribution in [1.82, 2.24) is 5.32 Å². The van der Waals surface area contributed by atoms with Crippen LogP contribution in [0.15, 0.2) is 0 Å². The molecule has 0 aromatic heterocycles. The van der Waals surface area contributed by atoms with Gasteiger partial charge in [-0.25, -0.2) is 0 Å². The second-order valence-corrected chi connectivity index (χ2v) is 4.46. The number of hydrogen-bond acceptors (Lipinski definition) is 5. The minimum atomic E-state index is 0.385. The number of rotatable bonds is 15. The third-order valence-corrected chi connectivity index (χ3v) is 2.62. The fourth-order valence-corrected chi connectivity index (χ4v) is 1.25. The van der Waals surface area contributed by atoms with Gasteiger partial charge in [-0.3, -0.25) is 0 Å². The van der Waals surface area contributed by atoms with Gasteiger partial charge < -0.3 is 24.3 Å². The zero-order valence-electron chi connectivity index (χ0n) is 12.8. The standard InChI is InChI=1S/C14H31NO4/c1-4-5-6-16-7-8-17-9-10-18-11-12-19-13-14(2)15-3/h14-15H,4-13H2,1-3H3. The molecule has 1 N–H and O–H groups in total. The first kappa shape index (κ1) is 18.8. The molecule has 5 nitrogen and oxygen atoms in total. The summed E-state index contributed by atoms with van der Waals surface area (Å²) in [6.45, 7) is 9.57. The van der Waals surface area contributed by atoms with Crippen LogP contribution < -0.4 is 5.32 Å². The molecule has 116 valence electrons. The molecule has 0 fully saturated rings. The topological polar surface area (TPSA) is 49.0 Å². The van der Waals surface area contributed by atoms with E-state index in [0.717, 1.165) is 13.0 Å². The Labute approximate surface area is 117 Å². The van der Waals surface area contributed by atoms with Crippen molar-refractivity contribution in [3.8, 4) is 0 Å². The first-order chi connectivity index (χ1) is 9.31. The summed E-state index contributed by atoms with van der Waals surface area (Å²) in [5.74, 6) is 0. The van der Waals surface area contributed by atoms with Crippen molar-refractivity contribution in [2.45, 2.75) is 32.7 Å². The summed E-state index contributed by atoms with van der Waals surface area (Å²) in [4.78, 5) is 0. The Hall–Kier alpha value is -0.200. The Kier molecular flexibility index (Phi) is 15.7. The number of unbranched alkanes of at least 4 members (excludes halogenated alkanes) is 1. The van der Waals surface area contributed by atoms with Gasteiger partial charge >= 0.3 is 0 Å². The molecular weight excluding hydrogens is 246 g/mol. The summed E-state index contributed by atoms with van der Waals surface area (Å²) >= 11 is 0. The molecule has 0 aliphatic carbocycles. The van der Waals surface area contributed by atoms with Crippen molar-refractivity contribution in [3.05, 3.63) is 0 Å². The van der Waals surface area contributed by atoms with Crippen molar-refractivity contribution >= 4 is 0 Å². The minimum Gasteiger partial charge on any atom is -0.379 e. The molecular formula is C14H31NO4. The van der Waals surface area contributed by atoms with E-state index < -0.39 is 0 Å². The second-order valence-electron chi connectivity index (χ2n) is 4.46. The van der Waals surface area contributed by atoms with Gasteiger partial charge in [0.25, 0.3) is 0 Å². The molecule has 0 spiro atoms. The van der Waals surface area contributed by atoms with Gasteiger partial charge in [0.1, 0.15) is 0 Å². The molecule has 0 aliphatic rings. The van der Waals surface area contributed by atoms with Crippen LogP contribution in [-0.4, -0.2) is 65.9 Å². The molecule has 5 heteroatoms. The van der Waals surface area contributed by atoms with Crippen molar-refractivity contribution in [2.75, 3.05) is 59.9 Å². The van der Waals surface area contributed by atoms with Gasteiger partial charge in [-0.15, -0.1) is 0 Å². The van der Waals surface area contributed by atoms with Crippen molar-refractivity contribution < 1.29 is 18.9 Å². The summed E-state index contributed by atoms with van der Waals surface area (Å²) in [5.41, 5.74) is 0.